The first-order valence-corrected chi connectivity index (χ1v) is 10.5. The van der Waals surface area contributed by atoms with Gasteiger partial charge in [0, 0.05) is 28.5 Å². The summed E-state index contributed by atoms with van der Waals surface area (Å²) in [5, 5.41) is 5.30. The van der Waals surface area contributed by atoms with Crippen molar-refractivity contribution >= 4 is 40.2 Å². The van der Waals surface area contributed by atoms with Gasteiger partial charge in [0.2, 0.25) is 0 Å². The molecule has 0 bridgehead atoms. The van der Waals surface area contributed by atoms with Crippen molar-refractivity contribution in [3.05, 3.63) is 65.2 Å². The Kier molecular flexibility index (Phi) is 7.31. The van der Waals surface area contributed by atoms with E-state index in [0.29, 0.717) is 23.7 Å². The number of pyridine rings is 1. The van der Waals surface area contributed by atoms with Gasteiger partial charge in [0.15, 0.2) is 0 Å². The van der Waals surface area contributed by atoms with E-state index < -0.39 is 0 Å². The highest BCUT2D eigenvalue weighted by atomic mass is 35.5. The summed E-state index contributed by atoms with van der Waals surface area (Å²) in [6, 6.07) is 17.1. The summed E-state index contributed by atoms with van der Waals surface area (Å²) in [6.07, 6.45) is 0.978. The maximum atomic E-state index is 12.8. The lowest BCUT2D eigenvalue weighted by atomic mass is 10.1. The number of hydrogen-bond donors (Lipinski definition) is 1. The lowest BCUT2D eigenvalue weighted by molar-refractivity contribution is 0.0757. The number of para-hydroxylation sites is 1. The monoisotopic (exact) mass is 414 g/mol. The summed E-state index contributed by atoms with van der Waals surface area (Å²) < 4.78 is 5.52. The molecule has 3 rings (SSSR count). The molecule has 146 valence electrons. The van der Waals surface area contributed by atoms with Crippen LogP contribution in [0, 0.1) is 0 Å². The average Bonchev–Trinajstić information content (AvgIpc) is 2.68. The SMILES string of the molecule is CC(C)OCCCNC(=O)c1cc(Sc2ccc(Cl)cc2)nc2ccccc12. The number of carbonyl (C=O) groups is 1. The zero-order chi connectivity index (χ0) is 19.9. The molecule has 0 aliphatic heterocycles. The van der Waals surface area contributed by atoms with Crippen LogP contribution in [0.2, 0.25) is 5.02 Å². The number of fused-ring (bicyclic) bond motifs is 1. The number of amides is 1. The van der Waals surface area contributed by atoms with Crippen LogP contribution in [0.3, 0.4) is 0 Å². The van der Waals surface area contributed by atoms with Crippen LogP contribution in [0.1, 0.15) is 30.6 Å². The largest absolute Gasteiger partial charge is 0.379 e. The van der Waals surface area contributed by atoms with Crippen LogP contribution in [-0.4, -0.2) is 30.1 Å². The molecule has 6 heteroatoms. The molecule has 4 nitrogen and oxygen atoms in total. The number of halogens is 1. The van der Waals surface area contributed by atoms with E-state index in [-0.39, 0.29) is 12.0 Å². The minimum atomic E-state index is -0.0962. The molecule has 0 atom stereocenters. The number of aromatic nitrogens is 1. The molecular weight excluding hydrogens is 392 g/mol. The number of carbonyl (C=O) groups excluding carboxylic acids is 1. The molecule has 3 aromatic rings. The van der Waals surface area contributed by atoms with Crippen molar-refractivity contribution in [2.45, 2.75) is 36.3 Å². The lowest BCUT2D eigenvalue weighted by Crippen LogP contribution is -2.26. The first kappa shape index (κ1) is 20.6. The second-order valence-corrected chi connectivity index (χ2v) is 8.14. The van der Waals surface area contributed by atoms with Crippen LogP contribution < -0.4 is 5.32 Å². The van der Waals surface area contributed by atoms with Gasteiger partial charge in [-0.25, -0.2) is 4.98 Å². The molecule has 1 N–H and O–H groups in total. The van der Waals surface area contributed by atoms with Crippen LogP contribution >= 0.6 is 23.4 Å². The maximum absolute atomic E-state index is 12.8. The molecule has 0 unspecified atom stereocenters. The normalized spacial score (nSPS) is 11.1. The average molecular weight is 415 g/mol. The van der Waals surface area contributed by atoms with E-state index in [4.69, 9.17) is 21.3 Å². The Bertz CT molecular complexity index is 945. The van der Waals surface area contributed by atoms with Gasteiger partial charge in [0.05, 0.1) is 17.2 Å². The number of nitrogens with zero attached hydrogens (tertiary/aromatic N) is 1. The van der Waals surface area contributed by atoms with Crippen LogP contribution in [0.25, 0.3) is 10.9 Å². The zero-order valence-corrected chi connectivity index (χ0v) is 17.5. The number of nitrogens with one attached hydrogen (secondary N) is 1. The Morgan fingerprint density at radius 3 is 2.68 bits per heavy atom. The molecule has 1 heterocycles. The molecule has 1 aromatic heterocycles. The van der Waals surface area contributed by atoms with Crippen LogP contribution in [-0.2, 0) is 4.74 Å². The number of ether oxygens (including phenoxy) is 1. The van der Waals surface area contributed by atoms with Gasteiger partial charge in [-0.15, -0.1) is 0 Å². The van der Waals surface area contributed by atoms with Gasteiger partial charge in [0.1, 0.15) is 5.03 Å². The quantitative estimate of drug-likeness (QED) is 0.488. The van der Waals surface area contributed by atoms with Crippen molar-refractivity contribution in [3.63, 3.8) is 0 Å². The first-order chi connectivity index (χ1) is 13.5. The summed E-state index contributed by atoms with van der Waals surface area (Å²) in [7, 11) is 0. The Hall–Kier alpha value is -2.08. The van der Waals surface area contributed by atoms with Crippen LogP contribution in [0.15, 0.2) is 64.5 Å². The Morgan fingerprint density at radius 1 is 1.18 bits per heavy atom. The summed E-state index contributed by atoms with van der Waals surface area (Å²) in [5.41, 5.74) is 1.43. The second-order valence-electron chi connectivity index (χ2n) is 6.61. The fraction of sp³-hybridized carbons (Fsp3) is 0.273. The number of benzene rings is 2. The fourth-order valence-electron chi connectivity index (χ4n) is 2.70. The standard InChI is InChI=1S/C22H23ClN2O2S/c1-15(2)27-13-5-12-24-22(26)19-14-21(25-20-7-4-3-6-18(19)20)28-17-10-8-16(23)9-11-17/h3-4,6-11,14-15H,5,12-13H2,1-2H3,(H,24,26). The Morgan fingerprint density at radius 2 is 1.93 bits per heavy atom. The maximum Gasteiger partial charge on any atom is 0.252 e. The van der Waals surface area contributed by atoms with Crippen molar-refractivity contribution < 1.29 is 9.53 Å². The molecule has 2 aromatic carbocycles. The topological polar surface area (TPSA) is 51.2 Å². The van der Waals surface area contributed by atoms with E-state index >= 15 is 0 Å². The minimum absolute atomic E-state index is 0.0962. The first-order valence-electron chi connectivity index (χ1n) is 9.26. The molecular formula is C22H23ClN2O2S. The smallest absolute Gasteiger partial charge is 0.252 e. The molecule has 0 saturated carbocycles. The van der Waals surface area contributed by atoms with Crippen molar-refractivity contribution in [2.75, 3.05) is 13.2 Å². The lowest BCUT2D eigenvalue weighted by Gasteiger charge is -2.11. The van der Waals surface area contributed by atoms with E-state index in [9.17, 15) is 4.79 Å². The highest BCUT2D eigenvalue weighted by Gasteiger charge is 2.13. The summed E-state index contributed by atoms with van der Waals surface area (Å²) in [4.78, 5) is 18.5. The van der Waals surface area contributed by atoms with Crippen molar-refractivity contribution in [1.29, 1.82) is 0 Å². The second kappa shape index (κ2) is 9.92. The van der Waals surface area contributed by atoms with E-state index in [1.807, 2.05) is 68.4 Å². The third kappa shape index (κ3) is 5.71. The molecule has 0 aliphatic carbocycles. The Balaban J connectivity index is 1.78. The van der Waals surface area contributed by atoms with Gasteiger partial charge in [-0.05, 0) is 56.7 Å². The van der Waals surface area contributed by atoms with Crippen LogP contribution in [0.5, 0.6) is 0 Å². The molecule has 0 aliphatic rings. The zero-order valence-electron chi connectivity index (χ0n) is 15.9. The molecule has 0 saturated heterocycles. The van der Waals surface area contributed by atoms with E-state index in [2.05, 4.69) is 5.32 Å². The predicted molar refractivity (Wildman–Crippen MR) is 115 cm³/mol. The van der Waals surface area contributed by atoms with Crippen molar-refractivity contribution in [1.82, 2.24) is 10.3 Å². The summed E-state index contributed by atoms with van der Waals surface area (Å²) in [5.74, 6) is -0.0962. The highest BCUT2D eigenvalue weighted by molar-refractivity contribution is 7.99. The van der Waals surface area contributed by atoms with Crippen molar-refractivity contribution in [3.8, 4) is 0 Å². The third-order valence-corrected chi connectivity index (χ3v) is 5.21. The molecule has 28 heavy (non-hydrogen) atoms. The van der Waals surface area contributed by atoms with Crippen LogP contribution in [0.4, 0.5) is 0 Å². The van der Waals surface area contributed by atoms with Gasteiger partial charge in [0.25, 0.3) is 5.91 Å². The van der Waals surface area contributed by atoms with E-state index in [1.54, 1.807) is 0 Å². The summed E-state index contributed by atoms with van der Waals surface area (Å²) in [6.45, 7) is 5.21. The van der Waals surface area contributed by atoms with Gasteiger partial charge in [-0.2, -0.15) is 0 Å². The fourth-order valence-corrected chi connectivity index (χ4v) is 3.66. The van der Waals surface area contributed by atoms with Gasteiger partial charge in [-0.3, -0.25) is 4.79 Å². The van der Waals surface area contributed by atoms with Gasteiger partial charge >= 0.3 is 0 Å². The summed E-state index contributed by atoms with van der Waals surface area (Å²) >= 11 is 7.47. The van der Waals surface area contributed by atoms with E-state index in [0.717, 1.165) is 27.2 Å². The highest BCUT2D eigenvalue weighted by Crippen LogP contribution is 2.30. The van der Waals surface area contributed by atoms with Crippen molar-refractivity contribution in [2.24, 2.45) is 0 Å². The molecule has 0 radical (unpaired) electrons. The molecule has 0 fully saturated rings. The predicted octanol–water partition coefficient (Wildman–Crippen LogP) is 5.58. The molecule has 1 amide bonds. The third-order valence-electron chi connectivity index (χ3n) is 4.03. The van der Waals surface area contributed by atoms with Gasteiger partial charge < -0.3 is 10.1 Å². The minimum Gasteiger partial charge on any atom is -0.379 e. The van der Waals surface area contributed by atoms with E-state index in [1.165, 1.54) is 11.8 Å². The van der Waals surface area contributed by atoms with Gasteiger partial charge in [-0.1, -0.05) is 41.6 Å². The number of rotatable bonds is 8. The number of hydrogen-bond acceptors (Lipinski definition) is 4. The molecule has 0 spiro atoms. The Labute approximate surface area is 174 Å².